The monoisotopic (exact) mass is 912 g/mol. The second kappa shape index (κ2) is 52.8. The average molecular weight is 913 g/mol. The van der Waals surface area contributed by atoms with Crippen LogP contribution < -0.4 is 5.32 Å². The Bertz CT molecular complexity index is 1110. The zero-order chi connectivity index (χ0) is 47.4. The first-order valence-corrected chi connectivity index (χ1v) is 28.4. The van der Waals surface area contributed by atoms with Crippen LogP contribution in [-0.2, 0) is 14.3 Å². The number of rotatable bonds is 51. The molecule has 0 spiro atoms. The van der Waals surface area contributed by atoms with Crippen LogP contribution in [0, 0.1) is 0 Å². The molecule has 0 radical (unpaired) electrons. The molecular formula is C59H109NO5. The fraction of sp³-hybridized carbons (Fsp3) is 0.831. The highest BCUT2D eigenvalue weighted by molar-refractivity contribution is 5.77. The van der Waals surface area contributed by atoms with Crippen molar-refractivity contribution >= 4 is 11.9 Å². The van der Waals surface area contributed by atoms with Gasteiger partial charge in [-0.2, -0.15) is 0 Å². The van der Waals surface area contributed by atoms with Crippen LogP contribution in [0.2, 0.25) is 0 Å². The average Bonchev–Trinajstić information content (AvgIpc) is 3.30. The number of carbonyl (C=O) groups is 2. The number of ether oxygens (including phenoxy) is 1. The minimum absolute atomic E-state index is 0.0716. The first kappa shape index (κ1) is 62.8. The van der Waals surface area contributed by atoms with Crippen LogP contribution in [0.4, 0.5) is 0 Å². The van der Waals surface area contributed by atoms with Gasteiger partial charge in [-0.25, -0.2) is 0 Å². The van der Waals surface area contributed by atoms with Crippen molar-refractivity contribution in [1.82, 2.24) is 5.32 Å². The smallest absolute Gasteiger partial charge is 0.306 e. The van der Waals surface area contributed by atoms with E-state index in [1.54, 1.807) is 0 Å². The number of aliphatic hydroxyl groups is 2. The SMILES string of the molecule is CCCCC/C=C\C/C=C\CCCCCCCCCCCC(=O)OC(CCCCCCCCC/C=C\C/C=C\CCCCC)CC(=O)NC(CO)C(O)CCCCCCCCCCCC. The molecule has 3 N–H and O–H groups in total. The Hall–Kier alpha value is -2.18. The zero-order valence-corrected chi connectivity index (χ0v) is 43.4. The first-order valence-electron chi connectivity index (χ1n) is 28.4. The van der Waals surface area contributed by atoms with Gasteiger partial charge in [0.1, 0.15) is 6.10 Å². The third kappa shape index (κ3) is 48.1. The number of unbranched alkanes of at least 4 members (excludes halogenated alkanes) is 31. The van der Waals surface area contributed by atoms with Crippen molar-refractivity contribution < 1.29 is 24.5 Å². The zero-order valence-electron chi connectivity index (χ0n) is 43.4. The number of hydrogen-bond acceptors (Lipinski definition) is 5. The maximum absolute atomic E-state index is 13.2. The maximum atomic E-state index is 13.2. The fourth-order valence-electron chi connectivity index (χ4n) is 8.55. The molecule has 1 amide bonds. The second-order valence-electron chi connectivity index (χ2n) is 19.3. The molecule has 0 heterocycles. The molecular weight excluding hydrogens is 803 g/mol. The lowest BCUT2D eigenvalue weighted by molar-refractivity contribution is -0.151. The van der Waals surface area contributed by atoms with Gasteiger partial charge < -0.3 is 20.3 Å². The molecule has 0 bridgehead atoms. The Morgan fingerprint density at radius 3 is 1.20 bits per heavy atom. The van der Waals surface area contributed by atoms with Gasteiger partial charge in [-0.15, -0.1) is 0 Å². The molecule has 0 aromatic carbocycles. The van der Waals surface area contributed by atoms with E-state index < -0.39 is 18.2 Å². The lowest BCUT2D eigenvalue weighted by Crippen LogP contribution is -2.46. The Labute approximate surface area is 404 Å². The van der Waals surface area contributed by atoms with Crippen molar-refractivity contribution in [2.45, 2.75) is 309 Å². The molecule has 0 aromatic heterocycles. The van der Waals surface area contributed by atoms with Crippen molar-refractivity contribution in [3.63, 3.8) is 0 Å². The van der Waals surface area contributed by atoms with Gasteiger partial charge in [0, 0.05) is 6.42 Å². The normalized spacial score (nSPS) is 13.5. The van der Waals surface area contributed by atoms with Gasteiger partial charge in [-0.1, -0.05) is 236 Å². The summed E-state index contributed by atoms with van der Waals surface area (Å²) >= 11 is 0. The molecule has 65 heavy (non-hydrogen) atoms. The first-order chi connectivity index (χ1) is 32.0. The summed E-state index contributed by atoms with van der Waals surface area (Å²) in [5.41, 5.74) is 0. The van der Waals surface area contributed by atoms with E-state index in [2.05, 4.69) is 74.7 Å². The van der Waals surface area contributed by atoms with E-state index in [9.17, 15) is 19.8 Å². The third-order valence-electron chi connectivity index (χ3n) is 12.9. The van der Waals surface area contributed by atoms with Crippen LogP contribution in [0.25, 0.3) is 0 Å². The van der Waals surface area contributed by atoms with E-state index in [0.29, 0.717) is 19.3 Å². The highest BCUT2D eigenvalue weighted by Crippen LogP contribution is 2.18. The fourth-order valence-corrected chi connectivity index (χ4v) is 8.55. The predicted octanol–water partition coefficient (Wildman–Crippen LogP) is 17.4. The molecule has 6 heteroatoms. The van der Waals surface area contributed by atoms with Crippen LogP contribution in [0.15, 0.2) is 48.6 Å². The van der Waals surface area contributed by atoms with Crippen LogP contribution in [-0.4, -0.2) is 46.9 Å². The van der Waals surface area contributed by atoms with Gasteiger partial charge in [0.05, 0.1) is 25.2 Å². The van der Waals surface area contributed by atoms with E-state index in [0.717, 1.165) is 77.0 Å². The standard InChI is InChI=1S/C59H109NO5/c1-4-7-10-13-16-19-22-24-26-28-29-31-33-35-37-40-43-46-49-52-59(64)65-55(50-47-44-41-38-36-34-32-30-27-25-23-20-17-14-11-8-5-2)53-58(63)60-56(54-61)57(62)51-48-45-42-39-21-18-15-12-9-6-3/h16-17,19-20,24-27,55-57,61-62H,4-15,18,21-23,28-54H2,1-3H3,(H,60,63)/b19-16-,20-17-,26-24-,27-25-. The number of amides is 1. The largest absolute Gasteiger partial charge is 0.462 e. The number of esters is 1. The van der Waals surface area contributed by atoms with Gasteiger partial charge in [-0.05, 0) is 89.9 Å². The van der Waals surface area contributed by atoms with Crippen molar-refractivity contribution in [1.29, 1.82) is 0 Å². The summed E-state index contributed by atoms with van der Waals surface area (Å²) in [6, 6.07) is -0.704. The topological polar surface area (TPSA) is 95.9 Å². The number of allylic oxidation sites excluding steroid dienone is 8. The van der Waals surface area contributed by atoms with Crippen LogP contribution in [0.3, 0.4) is 0 Å². The lowest BCUT2D eigenvalue weighted by Gasteiger charge is -2.24. The lowest BCUT2D eigenvalue weighted by atomic mass is 10.0. The Kier molecular flexibility index (Phi) is 51.0. The summed E-state index contributed by atoms with van der Waals surface area (Å²) in [5, 5.41) is 23.8. The molecule has 3 atom stereocenters. The van der Waals surface area contributed by atoms with Crippen LogP contribution >= 0.6 is 0 Å². The molecule has 0 saturated carbocycles. The van der Waals surface area contributed by atoms with E-state index >= 15 is 0 Å². The van der Waals surface area contributed by atoms with E-state index in [1.165, 1.54) is 167 Å². The summed E-state index contributed by atoms with van der Waals surface area (Å²) in [4.78, 5) is 26.2. The van der Waals surface area contributed by atoms with Gasteiger partial charge in [0.15, 0.2) is 0 Å². The summed E-state index contributed by atoms with van der Waals surface area (Å²) in [7, 11) is 0. The molecule has 0 rings (SSSR count). The minimum atomic E-state index is -0.790. The van der Waals surface area contributed by atoms with Crippen molar-refractivity contribution in [2.24, 2.45) is 0 Å². The van der Waals surface area contributed by atoms with Gasteiger partial charge in [-0.3, -0.25) is 9.59 Å². The van der Waals surface area contributed by atoms with Crippen molar-refractivity contribution in [3.05, 3.63) is 48.6 Å². The maximum Gasteiger partial charge on any atom is 0.306 e. The van der Waals surface area contributed by atoms with E-state index in [4.69, 9.17) is 4.74 Å². The Morgan fingerprint density at radius 1 is 0.446 bits per heavy atom. The van der Waals surface area contributed by atoms with Crippen molar-refractivity contribution in [3.8, 4) is 0 Å². The highest BCUT2D eigenvalue weighted by Gasteiger charge is 2.24. The molecule has 3 unspecified atom stereocenters. The van der Waals surface area contributed by atoms with Crippen molar-refractivity contribution in [2.75, 3.05) is 6.61 Å². The van der Waals surface area contributed by atoms with Gasteiger partial charge >= 0.3 is 5.97 Å². The number of aliphatic hydroxyl groups excluding tert-OH is 2. The van der Waals surface area contributed by atoms with Gasteiger partial charge in [0.2, 0.25) is 5.91 Å². The molecule has 6 nitrogen and oxygen atoms in total. The molecule has 0 aliphatic carbocycles. The quantitative estimate of drug-likeness (QED) is 0.0321. The minimum Gasteiger partial charge on any atom is -0.462 e. The Balaban J connectivity index is 4.55. The molecule has 0 aromatic rings. The number of nitrogens with one attached hydrogen (secondary N) is 1. The van der Waals surface area contributed by atoms with Gasteiger partial charge in [0.25, 0.3) is 0 Å². The summed E-state index contributed by atoms with van der Waals surface area (Å²) in [6.07, 6.45) is 64.6. The molecule has 0 aliphatic heterocycles. The number of carbonyl (C=O) groups excluding carboxylic acids is 2. The summed E-state index contributed by atoms with van der Waals surface area (Å²) in [6.45, 7) is 6.44. The highest BCUT2D eigenvalue weighted by atomic mass is 16.5. The summed E-state index contributed by atoms with van der Waals surface area (Å²) in [5.74, 6) is -0.477. The van der Waals surface area contributed by atoms with E-state index in [1.807, 2.05) is 0 Å². The molecule has 0 saturated heterocycles. The predicted molar refractivity (Wildman–Crippen MR) is 282 cm³/mol. The Morgan fingerprint density at radius 2 is 0.785 bits per heavy atom. The molecule has 0 fully saturated rings. The van der Waals surface area contributed by atoms with E-state index in [-0.39, 0.29) is 24.9 Å². The molecule has 0 aliphatic rings. The number of hydrogen-bond donors (Lipinski definition) is 3. The third-order valence-corrected chi connectivity index (χ3v) is 12.9. The molecule has 380 valence electrons. The second-order valence-corrected chi connectivity index (χ2v) is 19.3. The van der Waals surface area contributed by atoms with Crippen LogP contribution in [0.5, 0.6) is 0 Å². The summed E-state index contributed by atoms with van der Waals surface area (Å²) < 4.78 is 5.96. The van der Waals surface area contributed by atoms with Crippen LogP contribution in [0.1, 0.15) is 290 Å².